The van der Waals surface area contributed by atoms with Gasteiger partial charge in [-0.05, 0) is 74.2 Å². The minimum absolute atomic E-state index is 0.265. The molecule has 0 aliphatic heterocycles. The van der Waals surface area contributed by atoms with Gasteiger partial charge < -0.3 is 20.1 Å². The molecule has 4 N–H and O–H groups in total. The van der Waals surface area contributed by atoms with Crippen LogP contribution >= 0.6 is 0 Å². The summed E-state index contributed by atoms with van der Waals surface area (Å²) in [7, 11) is 0. The molecule has 0 aliphatic rings. The molecule has 0 saturated heterocycles. The molecule has 38 heavy (non-hydrogen) atoms. The predicted octanol–water partition coefficient (Wildman–Crippen LogP) is 2.84. The van der Waals surface area contributed by atoms with Crippen LogP contribution in [0.4, 0.5) is 0 Å². The zero-order valence-electron chi connectivity index (χ0n) is 22.8. The van der Waals surface area contributed by atoms with Gasteiger partial charge in [-0.2, -0.15) is 0 Å². The highest BCUT2D eigenvalue weighted by Gasteiger charge is 2.28. The molecule has 0 aromatic heterocycles. The van der Waals surface area contributed by atoms with Crippen molar-refractivity contribution in [1.29, 1.82) is 0 Å². The van der Waals surface area contributed by atoms with Gasteiger partial charge in [-0.3, -0.25) is 30.0 Å². The first-order valence-electron chi connectivity index (χ1n) is 12.7. The monoisotopic (exact) mass is 526 g/mol. The second kappa shape index (κ2) is 14.6. The number of hydrogen-bond donors (Lipinski definition) is 4. The van der Waals surface area contributed by atoms with Crippen molar-refractivity contribution in [2.24, 2.45) is 11.8 Å². The third-order valence-corrected chi connectivity index (χ3v) is 5.64. The molecule has 0 heterocycles. The molecule has 0 spiro atoms. The maximum Gasteiger partial charge on any atom is 0.261 e. The highest BCUT2D eigenvalue weighted by atomic mass is 16.5. The quantitative estimate of drug-likeness (QED) is 0.314. The molecule has 10 nitrogen and oxygen atoms in total. The second-order valence-electron chi connectivity index (χ2n) is 9.28. The van der Waals surface area contributed by atoms with Crippen molar-refractivity contribution in [2.75, 3.05) is 13.2 Å². The van der Waals surface area contributed by atoms with Gasteiger partial charge in [0.25, 0.3) is 23.6 Å². The maximum absolute atomic E-state index is 12.9. The van der Waals surface area contributed by atoms with E-state index in [2.05, 4.69) is 21.5 Å². The van der Waals surface area contributed by atoms with Gasteiger partial charge in [0.05, 0.1) is 13.2 Å². The molecule has 0 bridgehead atoms. The first kappa shape index (κ1) is 30.1. The fourth-order valence-electron chi connectivity index (χ4n) is 3.54. The van der Waals surface area contributed by atoms with E-state index in [0.29, 0.717) is 35.8 Å². The zero-order valence-corrected chi connectivity index (χ0v) is 22.8. The molecule has 0 fully saturated rings. The fraction of sp³-hybridized carbons (Fsp3) is 0.429. The van der Waals surface area contributed by atoms with Crippen LogP contribution < -0.4 is 31.0 Å². The van der Waals surface area contributed by atoms with Gasteiger partial charge in [-0.15, -0.1) is 0 Å². The van der Waals surface area contributed by atoms with E-state index >= 15 is 0 Å². The van der Waals surface area contributed by atoms with E-state index in [4.69, 9.17) is 9.47 Å². The summed E-state index contributed by atoms with van der Waals surface area (Å²) in [5, 5.41) is 5.41. The molecule has 2 aromatic carbocycles. The summed E-state index contributed by atoms with van der Waals surface area (Å²) in [5.41, 5.74) is 5.49. The Balaban J connectivity index is 1.98. The minimum Gasteiger partial charge on any atom is -0.494 e. The number of hydrazine groups is 1. The minimum atomic E-state index is -0.912. The van der Waals surface area contributed by atoms with Crippen LogP contribution in [-0.2, 0) is 9.59 Å². The van der Waals surface area contributed by atoms with E-state index in [1.165, 1.54) is 0 Å². The van der Waals surface area contributed by atoms with Crippen molar-refractivity contribution in [1.82, 2.24) is 21.5 Å². The smallest absolute Gasteiger partial charge is 0.261 e. The first-order valence-corrected chi connectivity index (χ1v) is 12.7. The van der Waals surface area contributed by atoms with Gasteiger partial charge in [0.15, 0.2) is 0 Å². The van der Waals surface area contributed by atoms with Crippen molar-refractivity contribution in [3.63, 3.8) is 0 Å². The second-order valence-corrected chi connectivity index (χ2v) is 9.28. The van der Waals surface area contributed by atoms with Crippen molar-refractivity contribution in [2.45, 2.75) is 53.6 Å². The Morgan fingerprint density at radius 2 is 0.921 bits per heavy atom. The molecular formula is C28H38N4O6. The van der Waals surface area contributed by atoms with Crippen LogP contribution in [0.25, 0.3) is 0 Å². The molecule has 2 rings (SSSR count). The molecular weight excluding hydrogens is 488 g/mol. The standard InChI is InChI=1S/C28H38N4O6/c1-7-37-21-13-9-19(10-14-21)25(33)29-23(17(3)4)27(35)31-32-28(36)24(18(5)6)30-26(34)20-11-15-22(16-12-20)38-8-2/h9-18,23-24H,7-8H2,1-6H3,(H,29,33)(H,30,34)(H,31,35)(H,32,36). The van der Waals surface area contributed by atoms with Crippen LogP contribution in [0.3, 0.4) is 0 Å². The summed E-state index contributed by atoms with van der Waals surface area (Å²) < 4.78 is 10.8. The highest BCUT2D eigenvalue weighted by Crippen LogP contribution is 2.14. The molecule has 10 heteroatoms. The van der Waals surface area contributed by atoms with Gasteiger partial charge in [0, 0.05) is 11.1 Å². The number of carbonyl (C=O) groups is 4. The normalized spacial score (nSPS) is 12.3. The summed E-state index contributed by atoms with van der Waals surface area (Å²) in [4.78, 5) is 51.1. The Hall–Kier alpha value is -4.08. The lowest BCUT2D eigenvalue weighted by Crippen LogP contribution is -2.58. The number of hydrogen-bond acceptors (Lipinski definition) is 6. The first-order chi connectivity index (χ1) is 18.1. The van der Waals surface area contributed by atoms with E-state index in [-0.39, 0.29) is 11.8 Å². The number of ether oxygens (including phenoxy) is 2. The molecule has 2 atom stereocenters. The lowest BCUT2D eigenvalue weighted by atomic mass is 10.0. The van der Waals surface area contributed by atoms with Gasteiger partial charge in [0.1, 0.15) is 23.6 Å². The van der Waals surface area contributed by atoms with E-state index < -0.39 is 35.7 Å². The molecule has 4 amide bonds. The van der Waals surface area contributed by atoms with Crippen LogP contribution in [0, 0.1) is 11.8 Å². The van der Waals surface area contributed by atoms with E-state index in [9.17, 15) is 19.2 Å². The molecule has 2 unspecified atom stereocenters. The molecule has 0 radical (unpaired) electrons. The van der Waals surface area contributed by atoms with Crippen LogP contribution in [0.5, 0.6) is 11.5 Å². The van der Waals surface area contributed by atoms with E-state index in [0.717, 1.165) is 0 Å². The van der Waals surface area contributed by atoms with E-state index in [1.54, 1.807) is 76.2 Å². The third-order valence-electron chi connectivity index (χ3n) is 5.64. The highest BCUT2D eigenvalue weighted by molar-refractivity contribution is 5.99. The Morgan fingerprint density at radius 1 is 0.605 bits per heavy atom. The van der Waals surface area contributed by atoms with E-state index in [1.807, 2.05) is 13.8 Å². The van der Waals surface area contributed by atoms with Gasteiger partial charge in [-0.1, -0.05) is 27.7 Å². The van der Waals surface area contributed by atoms with Crippen LogP contribution in [0.2, 0.25) is 0 Å². The zero-order chi connectivity index (χ0) is 28.2. The Bertz CT molecular complexity index is 996. The van der Waals surface area contributed by atoms with Crippen LogP contribution in [-0.4, -0.2) is 48.9 Å². The lowest BCUT2D eigenvalue weighted by Gasteiger charge is -2.24. The number of rotatable bonds is 12. The Kier molecular flexibility index (Phi) is 11.6. The Labute approximate surface area is 223 Å². The van der Waals surface area contributed by atoms with Gasteiger partial charge >= 0.3 is 0 Å². The lowest BCUT2D eigenvalue weighted by molar-refractivity contribution is -0.131. The van der Waals surface area contributed by atoms with Crippen molar-refractivity contribution < 1.29 is 28.7 Å². The summed E-state index contributed by atoms with van der Waals surface area (Å²) in [5.74, 6) is -1.30. The number of nitrogens with one attached hydrogen (secondary N) is 4. The Morgan fingerprint density at radius 3 is 1.18 bits per heavy atom. The van der Waals surface area contributed by atoms with Gasteiger partial charge in [0.2, 0.25) is 0 Å². The number of benzene rings is 2. The summed E-state index contributed by atoms with van der Waals surface area (Å²) in [6.07, 6.45) is 0. The molecule has 2 aromatic rings. The topological polar surface area (TPSA) is 135 Å². The van der Waals surface area contributed by atoms with Crippen molar-refractivity contribution >= 4 is 23.6 Å². The average molecular weight is 527 g/mol. The fourth-order valence-corrected chi connectivity index (χ4v) is 3.54. The summed E-state index contributed by atoms with van der Waals surface area (Å²) in [6, 6.07) is 11.3. The number of amides is 4. The van der Waals surface area contributed by atoms with Crippen molar-refractivity contribution in [3.8, 4) is 11.5 Å². The van der Waals surface area contributed by atoms with Crippen LogP contribution in [0.15, 0.2) is 48.5 Å². The molecule has 206 valence electrons. The predicted molar refractivity (Wildman–Crippen MR) is 144 cm³/mol. The maximum atomic E-state index is 12.9. The largest absolute Gasteiger partial charge is 0.494 e. The summed E-state index contributed by atoms with van der Waals surface area (Å²) >= 11 is 0. The summed E-state index contributed by atoms with van der Waals surface area (Å²) in [6.45, 7) is 11.9. The molecule has 0 aliphatic carbocycles. The molecule has 0 saturated carbocycles. The van der Waals surface area contributed by atoms with Gasteiger partial charge in [-0.25, -0.2) is 0 Å². The third kappa shape index (κ3) is 8.79. The van der Waals surface area contributed by atoms with Crippen LogP contribution in [0.1, 0.15) is 62.3 Å². The van der Waals surface area contributed by atoms with Crippen molar-refractivity contribution in [3.05, 3.63) is 59.7 Å². The number of carbonyl (C=O) groups excluding carboxylic acids is 4. The average Bonchev–Trinajstić information content (AvgIpc) is 2.89. The SMILES string of the molecule is CCOc1ccc(C(=O)NC(C(=O)NNC(=O)C(NC(=O)c2ccc(OCC)cc2)C(C)C)C(C)C)cc1.